The minimum Gasteiger partial charge on any atom is -0.354 e. The van der Waals surface area contributed by atoms with E-state index in [1.165, 1.54) is 4.90 Å². The van der Waals surface area contributed by atoms with Crippen LogP contribution in [0, 0.1) is 5.82 Å². The fourth-order valence-corrected chi connectivity index (χ4v) is 6.34. The fourth-order valence-electron chi connectivity index (χ4n) is 4.73. The lowest BCUT2D eigenvalue weighted by atomic mass is 10.0. The lowest BCUT2D eigenvalue weighted by Crippen LogP contribution is -2.53. The van der Waals surface area contributed by atoms with Gasteiger partial charge in [0.05, 0.1) is 10.6 Å². The third-order valence-corrected chi connectivity index (χ3v) is 9.28. The van der Waals surface area contributed by atoms with Crippen molar-refractivity contribution in [3.63, 3.8) is 0 Å². The maximum absolute atomic E-state index is 14.4. The molecule has 2 amide bonds. The third-order valence-electron chi connectivity index (χ3n) is 7.12. The normalized spacial score (nSPS) is 11.9. The summed E-state index contributed by atoms with van der Waals surface area (Å²) in [5.74, 6) is -1.54. The topological polar surface area (TPSA) is 86.8 Å². The summed E-state index contributed by atoms with van der Waals surface area (Å²) in [5.41, 5.74) is 1.68. The Balaban J connectivity index is 1.78. The van der Waals surface area contributed by atoms with E-state index in [9.17, 15) is 22.4 Å². The van der Waals surface area contributed by atoms with Gasteiger partial charge < -0.3 is 10.2 Å². The standard InChI is InChI=1S/C34H35ClFN3O4S/c1-2-3-22-37-34(41)32(23-26-12-6-4-7-13-26)38(24-27-14-10-11-17-31(27)35)33(40)25-39(29-15-8-5-9-16-29)44(42,43)30-20-18-28(36)19-21-30/h4-21,32H,2-3,22-25H2,1H3,(H,37,41)/t32-/m1/s1. The number of carbonyl (C=O) groups excluding carboxylic acids is 2. The summed E-state index contributed by atoms with van der Waals surface area (Å²) in [6.45, 7) is 1.81. The number of halogens is 2. The maximum atomic E-state index is 14.4. The molecule has 1 atom stereocenters. The van der Waals surface area contributed by atoms with Crippen LogP contribution in [0.2, 0.25) is 5.02 Å². The predicted molar refractivity (Wildman–Crippen MR) is 171 cm³/mol. The fraction of sp³-hybridized carbons (Fsp3) is 0.235. The zero-order valence-corrected chi connectivity index (χ0v) is 26.0. The molecule has 0 saturated heterocycles. The Morgan fingerprint density at radius 2 is 1.48 bits per heavy atom. The molecule has 0 aliphatic carbocycles. The van der Waals surface area contributed by atoms with Crippen LogP contribution in [-0.4, -0.2) is 44.3 Å². The van der Waals surface area contributed by atoms with Gasteiger partial charge in [-0.15, -0.1) is 0 Å². The minimum absolute atomic E-state index is 0.0313. The first-order chi connectivity index (χ1) is 21.2. The number of para-hydroxylation sites is 1. The van der Waals surface area contributed by atoms with Gasteiger partial charge in [-0.2, -0.15) is 0 Å². The average Bonchev–Trinajstić information content (AvgIpc) is 3.03. The van der Waals surface area contributed by atoms with Crippen LogP contribution in [0.5, 0.6) is 0 Å². The second-order valence-electron chi connectivity index (χ2n) is 10.3. The summed E-state index contributed by atoms with van der Waals surface area (Å²) in [6.07, 6.45) is 1.84. The molecule has 10 heteroatoms. The SMILES string of the molecule is CCCCNC(=O)[C@@H](Cc1ccccc1)N(Cc1ccccc1Cl)C(=O)CN(c1ccccc1)S(=O)(=O)c1ccc(F)cc1. The zero-order chi connectivity index (χ0) is 31.5. The number of benzene rings is 4. The molecule has 4 aromatic rings. The second kappa shape index (κ2) is 15.5. The quantitative estimate of drug-likeness (QED) is 0.166. The van der Waals surface area contributed by atoms with Crippen molar-refractivity contribution in [2.75, 3.05) is 17.4 Å². The van der Waals surface area contributed by atoms with Gasteiger partial charge in [0.2, 0.25) is 11.8 Å². The van der Waals surface area contributed by atoms with E-state index in [-0.39, 0.29) is 29.5 Å². The molecule has 0 aliphatic heterocycles. The van der Waals surface area contributed by atoms with Crippen molar-refractivity contribution in [1.29, 1.82) is 0 Å². The Kier molecular flexibility index (Phi) is 11.5. The van der Waals surface area contributed by atoms with E-state index in [2.05, 4.69) is 5.32 Å². The van der Waals surface area contributed by atoms with E-state index < -0.39 is 34.3 Å². The smallest absolute Gasteiger partial charge is 0.264 e. The number of carbonyl (C=O) groups is 2. The van der Waals surface area contributed by atoms with E-state index >= 15 is 0 Å². The molecule has 0 spiro atoms. The van der Waals surface area contributed by atoms with Gasteiger partial charge in [-0.3, -0.25) is 13.9 Å². The molecular weight excluding hydrogens is 601 g/mol. The molecule has 1 N–H and O–H groups in total. The van der Waals surface area contributed by atoms with Crippen LogP contribution in [0.25, 0.3) is 0 Å². The number of sulfonamides is 1. The summed E-state index contributed by atoms with van der Waals surface area (Å²) >= 11 is 6.51. The molecule has 4 aromatic carbocycles. The number of rotatable bonds is 14. The van der Waals surface area contributed by atoms with Gasteiger partial charge in [-0.25, -0.2) is 12.8 Å². The van der Waals surface area contributed by atoms with E-state index in [4.69, 9.17) is 11.6 Å². The maximum Gasteiger partial charge on any atom is 0.264 e. The first-order valence-electron chi connectivity index (χ1n) is 14.4. The molecule has 0 aliphatic rings. The number of amides is 2. The van der Waals surface area contributed by atoms with Crippen molar-refractivity contribution < 1.29 is 22.4 Å². The molecule has 0 heterocycles. The average molecular weight is 636 g/mol. The van der Waals surface area contributed by atoms with Crippen molar-refractivity contribution in [3.8, 4) is 0 Å². The summed E-state index contributed by atoms with van der Waals surface area (Å²) in [7, 11) is -4.31. The van der Waals surface area contributed by atoms with Crippen LogP contribution in [0.1, 0.15) is 30.9 Å². The largest absolute Gasteiger partial charge is 0.354 e. The lowest BCUT2D eigenvalue weighted by Gasteiger charge is -2.34. The molecule has 0 unspecified atom stereocenters. The Bertz CT molecular complexity index is 1640. The van der Waals surface area contributed by atoms with Gasteiger partial charge >= 0.3 is 0 Å². The van der Waals surface area contributed by atoms with Crippen LogP contribution in [0.15, 0.2) is 114 Å². The van der Waals surface area contributed by atoms with E-state index in [0.29, 0.717) is 17.1 Å². The van der Waals surface area contributed by atoms with Crippen LogP contribution >= 0.6 is 11.6 Å². The Labute approximate surface area is 263 Å². The summed E-state index contributed by atoms with van der Waals surface area (Å²) in [4.78, 5) is 29.3. The van der Waals surface area contributed by atoms with Crippen LogP contribution < -0.4 is 9.62 Å². The number of hydrogen-bond donors (Lipinski definition) is 1. The third kappa shape index (κ3) is 8.45. The van der Waals surface area contributed by atoms with Crippen molar-refractivity contribution in [3.05, 3.63) is 131 Å². The van der Waals surface area contributed by atoms with Gasteiger partial charge in [0, 0.05) is 24.5 Å². The molecule has 0 radical (unpaired) electrons. The van der Waals surface area contributed by atoms with Crippen LogP contribution in [-0.2, 0) is 32.6 Å². The van der Waals surface area contributed by atoms with Crippen molar-refractivity contribution >= 4 is 39.1 Å². The van der Waals surface area contributed by atoms with E-state index in [0.717, 1.165) is 47.0 Å². The highest BCUT2D eigenvalue weighted by Gasteiger charge is 2.34. The van der Waals surface area contributed by atoms with Crippen LogP contribution in [0.4, 0.5) is 10.1 Å². The molecule has 0 fully saturated rings. The van der Waals surface area contributed by atoms with Crippen molar-refractivity contribution in [1.82, 2.24) is 10.2 Å². The monoisotopic (exact) mass is 635 g/mol. The Morgan fingerprint density at radius 1 is 0.864 bits per heavy atom. The van der Waals surface area contributed by atoms with E-state index in [1.54, 1.807) is 54.6 Å². The van der Waals surface area contributed by atoms with E-state index in [1.807, 2.05) is 37.3 Å². The van der Waals surface area contributed by atoms with Gasteiger partial charge in [-0.1, -0.05) is 91.7 Å². The summed E-state index contributed by atoms with van der Waals surface area (Å²) in [5, 5.41) is 3.36. The summed E-state index contributed by atoms with van der Waals surface area (Å²) in [6, 6.07) is 28.0. The van der Waals surface area contributed by atoms with Crippen molar-refractivity contribution in [2.45, 2.75) is 43.7 Å². The first-order valence-corrected chi connectivity index (χ1v) is 16.2. The number of unbranched alkanes of at least 4 members (excludes halogenated alkanes) is 1. The Morgan fingerprint density at radius 3 is 2.11 bits per heavy atom. The molecule has 7 nitrogen and oxygen atoms in total. The summed E-state index contributed by atoms with van der Waals surface area (Å²) < 4.78 is 42.5. The van der Waals surface area contributed by atoms with Gasteiger partial charge in [0.15, 0.2) is 0 Å². The molecule has 0 bridgehead atoms. The Hall–Kier alpha value is -4.21. The molecule has 0 saturated carbocycles. The van der Waals surface area contributed by atoms with Gasteiger partial charge in [-0.05, 0) is 60.0 Å². The predicted octanol–water partition coefficient (Wildman–Crippen LogP) is 6.23. The van der Waals surface area contributed by atoms with Gasteiger partial charge in [0.1, 0.15) is 18.4 Å². The zero-order valence-electron chi connectivity index (χ0n) is 24.4. The number of anilines is 1. The highest BCUT2D eigenvalue weighted by Crippen LogP contribution is 2.26. The van der Waals surface area contributed by atoms with Crippen LogP contribution in [0.3, 0.4) is 0 Å². The molecule has 44 heavy (non-hydrogen) atoms. The van der Waals surface area contributed by atoms with Crippen molar-refractivity contribution in [2.24, 2.45) is 0 Å². The molecule has 230 valence electrons. The lowest BCUT2D eigenvalue weighted by molar-refractivity contribution is -0.140. The first kappa shape index (κ1) is 32.7. The molecular formula is C34H35ClFN3O4S. The molecule has 4 rings (SSSR count). The van der Waals surface area contributed by atoms with Gasteiger partial charge in [0.25, 0.3) is 10.0 Å². The second-order valence-corrected chi connectivity index (χ2v) is 12.5. The number of hydrogen-bond acceptors (Lipinski definition) is 4. The molecule has 0 aromatic heterocycles. The number of nitrogens with one attached hydrogen (secondary N) is 1. The highest BCUT2D eigenvalue weighted by atomic mass is 35.5. The highest BCUT2D eigenvalue weighted by molar-refractivity contribution is 7.92. The number of nitrogens with zero attached hydrogens (tertiary/aromatic N) is 2. The minimum atomic E-state index is -4.31.